The average molecular weight is 446 g/mol. The van der Waals surface area contributed by atoms with E-state index in [0.29, 0.717) is 0 Å². The summed E-state index contributed by atoms with van der Waals surface area (Å²) in [6.45, 7) is 0. The molecule has 0 unspecified atom stereocenters. The molecule has 1 amide bonds. The first-order valence-corrected chi connectivity index (χ1v) is 9.84. The van der Waals surface area contributed by atoms with Crippen molar-refractivity contribution in [3.8, 4) is 11.3 Å². The molecule has 0 radical (unpaired) electrons. The Hall–Kier alpha value is -2.49. The second kappa shape index (κ2) is 7.50. The van der Waals surface area contributed by atoms with Crippen molar-refractivity contribution in [3.05, 3.63) is 69.8 Å². The normalized spacial score (nSPS) is 11.5. The van der Waals surface area contributed by atoms with Gasteiger partial charge in [-0.1, -0.05) is 29.3 Å². The van der Waals surface area contributed by atoms with Gasteiger partial charge in [-0.2, -0.15) is 5.10 Å². The molecule has 1 heterocycles. The number of nitrogens with zero attached hydrogens (tertiary/aromatic N) is 2. The topological polar surface area (TPSA) is 81.1 Å². The zero-order valence-corrected chi connectivity index (χ0v) is 16.4. The summed E-state index contributed by atoms with van der Waals surface area (Å²) >= 11 is 11.6. The first-order chi connectivity index (χ1) is 13.1. The Kier molecular flexibility index (Phi) is 5.42. The number of carbonyl (C=O) groups is 1. The largest absolute Gasteiger partial charge is 0.285 e. The van der Waals surface area contributed by atoms with Crippen LogP contribution in [0.15, 0.2) is 47.4 Å². The minimum Gasteiger partial charge on any atom is -0.267 e. The quantitative estimate of drug-likeness (QED) is 0.662. The van der Waals surface area contributed by atoms with Gasteiger partial charge in [0, 0.05) is 12.1 Å². The van der Waals surface area contributed by atoms with E-state index in [1.807, 2.05) is 0 Å². The maximum atomic E-state index is 14.0. The van der Waals surface area contributed by atoms with Crippen molar-refractivity contribution < 1.29 is 22.0 Å². The Morgan fingerprint density at radius 1 is 1.11 bits per heavy atom. The lowest BCUT2D eigenvalue weighted by molar-refractivity contribution is 0.0976. The summed E-state index contributed by atoms with van der Waals surface area (Å²) in [5, 5.41) is 3.80. The lowest BCUT2D eigenvalue weighted by Crippen LogP contribution is -2.31. The zero-order chi connectivity index (χ0) is 20.6. The van der Waals surface area contributed by atoms with E-state index >= 15 is 0 Å². The molecule has 0 aliphatic heterocycles. The highest BCUT2D eigenvalue weighted by Crippen LogP contribution is 2.27. The molecule has 3 rings (SSSR count). The lowest BCUT2D eigenvalue weighted by atomic mass is 10.1. The summed E-state index contributed by atoms with van der Waals surface area (Å²) in [6.07, 6.45) is 0. The lowest BCUT2D eigenvalue weighted by Gasteiger charge is -2.07. The van der Waals surface area contributed by atoms with Crippen molar-refractivity contribution in [2.24, 2.45) is 7.05 Å². The molecule has 146 valence electrons. The second-order valence-electron chi connectivity index (χ2n) is 5.64. The van der Waals surface area contributed by atoms with E-state index in [-0.39, 0.29) is 21.4 Å². The SMILES string of the molecule is Cn1nc(C(=O)NS(=O)(=O)c2cc(Cl)ccc2Cl)cc1-c1c(F)cccc1F. The number of carbonyl (C=O) groups excluding carboxylic acids is 1. The van der Waals surface area contributed by atoms with E-state index in [1.165, 1.54) is 25.2 Å². The highest BCUT2D eigenvalue weighted by molar-refractivity contribution is 7.90. The fourth-order valence-corrected chi connectivity index (χ4v) is 4.19. The summed E-state index contributed by atoms with van der Waals surface area (Å²) in [5.41, 5.74) is -0.793. The predicted octanol–water partition coefficient (Wildman–Crippen LogP) is 3.79. The van der Waals surface area contributed by atoms with E-state index in [4.69, 9.17) is 23.2 Å². The summed E-state index contributed by atoms with van der Waals surface area (Å²) in [4.78, 5) is 12.0. The first kappa shape index (κ1) is 20.2. The molecule has 0 atom stereocenters. The first-order valence-electron chi connectivity index (χ1n) is 7.61. The van der Waals surface area contributed by atoms with E-state index < -0.39 is 38.0 Å². The Morgan fingerprint density at radius 2 is 1.75 bits per heavy atom. The number of rotatable bonds is 4. The molecule has 2 aromatic carbocycles. The molecule has 0 aliphatic rings. The fourth-order valence-electron chi connectivity index (χ4n) is 2.47. The fraction of sp³-hybridized carbons (Fsp3) is 0.0588. The van der Waals surface area contributed by atoms with Crippen LogP contribution in [0.3, 0.4) is 0 Å². The standard InChI is InChI=1S/C17H11Cl2F2N3O3S/c1-24-14(16-11(20)3-2-4-12(16)21)8-13(22-24)17(25)23-28(26,27)15-7-9(18)5-6-10(15)19/h2-8H,1H3,(H,23,25). The third-order valence-electron chi connectivity index (χ3n) is 3.74. The molecule has 0 spiro atoms. The van der Waals surface area contributed by atoms with Crippen LogP contribution in [0, 0.1) is 11.6 Å². The van der Waals surface area contributed by atoms with E-state index in [1.54, 1.807) is 4.72 Å². The van der Waals surface area contributed by atoms with Crippen molar-refractivity contribution in [1.82, 2.24) is 14.5 Å². The summed E-state index contributed by atoms with van der Waals surface area (Å²) in [7, 11) is -3.00. The molecular weight excluding hydrogens is 435 g/mol. The van der Waals surface area contributed by atoms with Crippen LogP contribution in [0.4, 0.5) is 8.78 Å². The molecule has 11 heteroatoms. The molecule has 0 aliphatic carbocycles. The molecular formula is C17H11Cl2F2N3O3S. The zero-order valence-electron chi connectivity index (χ0n) is 14.1. The van der Waals surface area contributed by atoms with Gasteiger partial charge < -0.3 is 0 Å². The Morgan fingerprint density at radius 3 is 2.39 bits per heavy atom. The van der Waals surface area contributed by atoms with Gasteiger partial charge in [-0.15, -0.1) is 0 Å². The number of amides is 1. The Labute approximate surface area is 168 Å². The number of nitrogens with one attached hydrogen (secondary N) is 1. The third-order valence-corrected chi connectivity index (χ3v) is 5.79. The van der Waals surface area contributed by atoms with Gasteiger partial charge in [0.15, 0.2) is 5.69 Å². The molecule has 3 aromatic rings. The smallest absolute Gasteiger partial charge is 0.267 e. The van der Waals surface area contributed by atoms with Crippen LogP contribution in [-0.4, -0.2) is 24.1 Å². The summed E-state index contributed by atoms with van der Waals surface area (Å²) in [5.74, 6) is -2.81. The van der Waals surface area contributed by atoms with Crippen LogP contribution in [0.25, 0.3) is 11.3 Å². The van der Waals surface area contributed by atoms with Gasteiger partial charge in [0.25, 0.3) is 15.9 Å². The molecule has 6 nitrogen and oxygen atoms in total. The van der Waals surface area contributed by atoms with Crippen LogP contribution in [-0.2, 0) is 17.1 Å². The monoisotopic (exact) mass is 445 g/mol. The predicted molar refractivity (Wildman–Crippen MR) is 99.7 cm³/mol. The highest BCUT2D eigenvalue weighted by atomic mass is 35.5. The molecule has 28 heavy (non-hydrogen) atoms. The molecule has 1 N–H and O–H groups in total. The minimum absolute atomic E-state index is 0.0427. The van der Waals surface area contributed by atoms with Crippen molar-refractivity contribution >= 4 is 39.1 Å². The van der Waals surface area contributed by atoms with Crippen molar-refractivity contribution in [3.63, 3.8) is 0 Å². The van der Waals surface area contributed by atoms with Gasteiger partial charge in [0.1, 0.15) is 16.5 Å². The third kappa shape index (κ3) is 3.87. The molecule has 0 saturated carbocycles. The van der Waals surface area contributed by atoms with Gasteiger partial charge in [0.05, 0.1) is 16.3 Å². The molecule has 0 bridgehead atoms. The van der Waals surface area contributed by atoms with Crippen LogP contribution >= 0.6 is 23.2 Å². The van der Waals surface area contributed by atoms with E-state index in [2.05, 4.69) is 5.10 Å². The number of sulfonamides is 1. The second-order valence-corrected chi connectivity index (χ2v) is 8.14. The number of benzene rings is 2. The highest BCUT2D eigenvalue weighted by Gasteiger charge is 2.25. The van der Waals surface area contributed by atoms with Crippen LogP contribution in [0.2, 0.25) is 10.0 Å². The number of halogens is 4. The molecule has 0 saturated heterocycles. The summed E-state index contributed by atoms with van der Waals surface area (Å²) < 4.78 is 55.7. The van der Waals surface area contributed by atoms with Crippen LogP contribution in [0.5, 0.6) is 0 Å². The van der Waals surface area contributed by atoms with Crippen molar-refractivity contribution in [2.45, 2.75) is 4.90 Å². The van der Waals surface area contributed by atoms with E-state index in [9.17, 15) is 22.0 Å². The Bertz CT molecular complexity index is 1180. The maximum Gasteiger partial charge on any atom is 0.285 e. The molecule has 0 fully saturated rings. The maximum absolute atomic E-state index is 14.0. The molecule has 1 aromatic heterocycles. The number of aryl methyl sites for hydroxylation is 1. The number of hydrogen-bond donors (Lipinski definition) is 1. The van der Waals surface area contributed by atoms with Gasteiger partial charge >= 0.3 is 0 Å². The average Bonchev–Trinajstić information content (AvgIpc) is 2.98. The minimum atomic E-state index is -4.36. The van der Waals surface area contributed by atoms with Crippen molar-refractivity contribution in [2.75, 3.05) is 0 Å². The van der Waals surface area contributed by atoms with E-state index in [0.717, 1.165) is 28.9 Å². The van der Waals surface area contributed by atoms with Gasteiger partial charge in [-0.3, -0.25) is 9.48 Å². The van der Waals surface area contributed by atoms with Gasteiger partial charge in [-0.05, 0) is 36.4 Å². The van der Waals surface area contributed by atoms with Gasteiger partial charge in [-0.25, -0.2) is 21.9 Å². The van der Waals surface area contributed by atoms with Crippen LogP contribution in [0.1, 0.15) is 10.5 Å². The van der Waals surface area contributed by atoms with Crippen molar-refractivity contribution in [1.29, 1.82) is 0 Å². The number of aromatic nitrogens is 2. The Balaban J connectivity index is 1.95. The number of hydrogen-bond acceptors (Lipinski definition) is 4. The van der Waals surface area contributed by atoms with Gasteiger partial charge in [0.2, 0.25) is 0 Å². The summed E-state index contributed by atoms with van der Waals surface area (Å²) in [6, 6.07) is 8.11. The van der Waals surface area contributed by atoms with Crippen LogP contribution < -0.4 is 4.72 Å².